The Labute approximate surface area is 251 Å². The lowest BCUT2D eigenvalue weighted by molar-refractivity contribution is -0.0393. The molecule has 1 amide bonds. The molecule has 4 aromatic rings. The van der Waals surface area contributed by atoms with E-state index in [4.69, 9.17) is 14.2 Å². The SMILES string of the molecule is CC([Si])C(C)(C)OC(=O)N1CCC(c2ccc(F)cc2)C(OCc2ccc3cccc(OCc4ccccc4)c3c2)C1. The molecule has 0 N–H and O–H groups in total. The van der Waals surface area contributed by atoms with E-state index in [2.05, 4.69) is 34.5 Å². The lowest BCUT2D eigenvalue weighted by atomic mass is 9.87. The molecule has 7 heteroatoms. The summed E-state index contributed by atoms with van der Waals surface area (Å²) in [5, 5.41) is 2.10. The van der Waals surface area contributed by atoms with Gasteiger partial charge >= 0.3 is 6.09 Å². The number of piperidine rings is 1. The van der Waals surface area contributed by atoms with Crippen molar-refractivity contribution in [3.63, 3.8) is 0 Å². The third-order valence-corrected chi connectivity index (χ3v) is 8.81. The number of halogens is 1. The number of likely N-dealkylation sites (tertiary alicyclic amines) is 1. The van der Waals surface area contributed by atoms with Crippen LogP contribution in [-0.2, 0) is 22.7 Å². The molecule has 0 aromatic heterocycles. The molecule has 5 nitrogen and oxygen atoms in total. The first-order chi connectivity index (χ1) is 20.2. The van der Waals surface area contributed by atoms with Gasteiger partial charge in [-0.1, -0.05) is 73.7 Å². The Morgan fingerprint density at radius 2 is 1.74 bits per heavy atom. The van der Waals surface area contributed by atoms with Crippen molar-refractivity contribution in [2.24, 2.45) is 0 Å². The maximum atomic E-state index is 13.7. The summed E-state index contributed by atoms with van der Waals surface area (Å²) in [6.45, 7) is 7.49. The molecule has 3 radical (unpaired) electrons. The van der Waals surface area contributed by atoms with Crippen LogP contribution in [0.4, 0.5) is 9.18 Å². The number of amides is 1. The highest BCUT2D eigenvalue weighted by molar-refractivity contribution is 6.12. The Bertz CT molecular complexity index is 1490. The van der Waals surface area contributed by atoms with E-state index in [0.29, 0.717) is 32.7 Å². The number of carbonyl (C=O) groups is 1. The number of nitrogens with zero attached hydrogens (tertiary/aromatic N) is 1. The molecular weight excluding hydrogens is 545 g/mol. The van der Waals surface area contributed by atoms with Crippen LogP contribution in [0.1, 0.15) is 49.8 Å². The van der Waals surface area contributed by atoms with E-state index >= 15 is 0 Å². The minimum atomic E-state index is -0.663. The van der Waals surface area contributed by atoms with Crippen LogP contribution < -0.4 is 4.74 Å². The topological polar surface area (TPSA) is 48.0 Å². The Balaban J connectivity index is 1.33. The number of hydrogen-bond acceptors (Lipinski definition) is 4. The Kier molecular flexibility index (Phi) is 9.29. The lowest BCUT2D eigenvalue weighted by Crippen LogP contribution is -2.49. The van der Waals surface area contributed by atoms with E-state index in [1.807, 2.05) is 75.4 Å². The molecule has 42 heavy (non-hydrogen) atoms. The van der Waals surface area contributed by atoms with Gasteiger partial charge in [-0.15, -0.1) is 0 Å². The molecule has 1 aliphatic heterocycles. The van der Waals surface area contributed by atoms with Crippen LogP contribution in [0.3, 0.4) is 0 Å². The summed E-state index contributed by atoms with van der Waals surface area (Å²) in [4.78, 5) is 14.9. The quantitative estimate of drug-likeness (QED) is 0.189. The van der Waals surface area contributed by atoms with Gasteiger partial charge in [0.1, 0.15) is 23.8 Å². The number of fused-ring (bicyclic) bond motifs is 1. The van der Waals surface area contributed by atoms with E-state index in [1.165, 1.54) is 12.1 Å². The second-order valence-electron chi connectivity index (χ2n) is 11.5. The van der Waals surface area contributed by atoms with Crippen molar-refractivity contribution in [2.45, 2.75) is 63.6 Å². The van der Waals surface area contributed by atoms with E-state index in [1.54, 1.807) is 4.90 Å². The largest absolute Gasteiger partial charge is 0.488 e. The fraction of sp³-hybridized carbons (Fsp3) is 0.343. The van der Waals surface area contributed by atoms with Crippen molar-refractivity contribution in [1.82, 2.24) is 4.90 Å². The molecule has 4 aromatic carbocycles. The van der Waals surface area contributed by atoms with E-state index in [-0.39, 0.29) is 29.5 Å². The third-order valence-electron chi connectivity index (χ3n) is 8.12. The average molecular weight is 583 g/mol. The first kappa shape index (κ1) is 29.8. The third kappa shape index (κ3) is 7.20. The van der Waals surface area contributed by atoms with Crippen LogP contribution >= 0.6 is 0 Å². The second-order valence-corrected chi connectivity index (χ2v) is 12.4. The molecule has 0 spiro atoms. The maximum Gasteiger partial charge on any atom is 0.410 e. The Morgan fingerprint density at radius 3 is 2.48 bits per heavy atom. The van der Waals surface area contributed by atoms with Gasteiger partial charge in [0.25, 0.3) is 0 Å². The molecule has 0 aliphatic carbocycles. The number of carbonyl (C=O) groups excluding carboxylic acids is 1. The first-order valence-electron chi connectivity index (χ1n) is 14.4. The monoisotopic (exact) mass is 582 g/mol. The zero-order chi connectivity index (χ0) is 29.7. The van der Waals surface area contributed by atoms with Crippen molar-refractivity contribution in [2.75, 3.05) is 13.1 Å². The van der Waals surface area contributed by atoms with Gasteiger partial charge < -0.3 is 19.1 Å². The highest BCUT2D eigenvalue weighted by Crippen LogP contribution is 2.34. The summed E-state index contributed by atoms with van der Waals surface area (Å²) in [6.07, 6.45) is 0.0352. The normalized spacial score (nSPS) is 18.1. The van der Waals surface area contributed by atoms with Crippen molar-refractivity contribution in [3.8, 4) is 5.75 Å². The summed E-state index contributed by atoms with van der Waals surface area (Å²) in [5.41, 5.74) is 2.43. The van der Waals surface area contributed by atoms with Gasteiger partial charge in [0.15, 0.2) is 0 Å². The summed E-state index contributed by atoms with van der Waals surface area (Å²) in [6, 6.07) is 29.0. The van der Waals surface area contributed by atoms with Crippen LogP contribution in [0.5, 0.6) is 5.75 Å². The van der Waals surface area contributed by atoms with Gasteiger partial charge in [0.05, 0.1) is 19.3 Å². The minimum Gasteiger partial charge on any atom is -0.488 e. The molecule has 3 unspecified atom stereocenters. The average Bonchev–Trinajstić information content (AvgIpc) is 2.99. The molecule has 0 saturated carbocycles. The van der Waals surface area contributed by atoms with E-state index < -0.39 is 5.60 Å². The first-order valence-corrected chi connectivity index (χ1v) is 15.0. The Morgan fingerprint density at radius 1 is 0.976 bits per heavy atom. The molecule has 0 bridgehead atoms. The summed E-state index contributed by atoms with van der Waals surface area (Å²) >= 11 is 0. The lowest BCUT2D eigenvalue weighted by Gasteiger charge is -2.40. The molecular formula is C35H37FNO4Si. The predicted molar refractivity (Wildman–Crippen MR) is 164 cm³/mol. The molecule has 1 heterocycles. The standard InChI is InChI=1S/C35H37FNO4Si/c1-24(42)35(2,3)41-34(38)37-19-18-30(28-14-16-29(36)17-15-28)33(21-37)40-23-26-12-13-27-10-7-11-32(31(27)20-26)39-22-25-8-5-4-6-9-25/h4-17,20,24,30,33H,18-19,21-23H2,1-3H3. The zero-order valence-electron chi connectivity index (χ0n) is 24.4. The van der Waals surface area contributed by atoms with Crippen LogP contribution in [-0.4, -0.2) is 46.0 Å². The molecule has 217 valence electrons. The molecule has 1 saturated heterocycles. The highest BCUT2D eigenvalue weighted by atomic mass is 28.1. The minimum absolute atomic E-state index is 0.0141. The van der Waals surface area contributed by atoms with Gasteiger partial charge in [0, 0.05) is 28.1 Å². The highest BCUT2D eigenvalue weighted by Gasteiger charge is 2.36. The number of benzene rings is 4. The Hall–Kier alpha value is -3.68. The van der Waals surface area contributed by atoms with Crippen LogP contribution in [0.15, 0.2) is 91.0 Å². The van der Waals surface area contributed by atoms with Crippen molar-refractivity contribution in [3.05, 3.63) is 114 Å². The summed E-state index contributed by atoms with van der Waals surface area (Å²) < 4.78 is 32.3. The van der Waals surface area contributed by atoms with Crippen LogP contribution in [0.25, 0.3) is 10.8 Å². The van der Waals surface area contributed by atoms with Crippen molar-refractivity contribution in [1.29, 1.82) is 0 Å². The van der Waals surface area contributed by atoms with Crippen molar-refractivity contribution < 1.29 is 23.4 Å². The van der Waals surface area contributed by atoms with Crippen LogP contribution in [0, 0.1) is 5.82 Å². The molecule has 1 aliphatic rings. The number of rotatable bonds is 9. The summed E-state index contributed by atoms with van der Waals surface area (Å²) in [7, 11) is 3.60. The smallest absolute Gasteiger partial charge is 0.410 e. The fourth-order valence-corrected chi connectivity index (χ4v) is 5.22. The van der Waals surface area contributed by atoms with Gasteiger partial charge in [-0.25, -0.2) is 9.18 Å². The van der Waals surface area contributed by atoms with E-state index in [0.717, 1.165) is 33.2 Å². The van der Waals surface area contributed by atoms with Gasteiger partial charge in [-0.2, -0.15) is 0 Å². The predicted octanol–water partition coefficient (Wildman–Crippen LogP) is 7.82. The molecule has 3 atom stereocenters. The summed E-state index contributed by atoms with van der Waals surface area (Å²) in [5.74, 6) is 0.560. The number of ether oxygens (including phenoxy) is 3. The molecule has 1 fully saturated rings. The van der Waals surface area contributed by atoms with Gasteiger partial charge in [0.2, 0.25) is 0 Å². The van der Waals surface area contributed by atoms with Gasteiger partial charge in [-0.05, 0) is 72.2 Å². The maximum absolute atomic E-state index is 13.7. The fourth-order valence-electron chi connectivity index (χ4n) is 5.17. The van der Waals surface area contributed by atoms with Crippen LogP contribution in [0.2, 0.25) is 5.54 Å². The van der Waals surface area contributed by atoms with Gasteiger partial charge in [-0.3, -0.25) is 0 Å². The second kappa shape index (κ2) is 13.1. The number of hydrogen-bond donors (Lipinski definition) is 0. The molecule has 5 rings (SSSR count). The van der Waals surface area contributed by atoms with E-state index in [9.17, 15) is 9.18 Å². The zero-order valence-corrected chi connectivity index (χ0v) is 25.4. The van der Waals surface area contributed by atoms with Crippen molar-refractivity contribution >= 4 is 27.1 Å².